The molecule has 0 saturated carbocycles. The molecular formula is C29H27N5O3. The Morgan fingerprint density at radius 3 is 2.35 bits per heavy atom. The molecule has 5 aromatic rings. The maximum absolute atomic E-state index is 13.0. The van der Waals surface area contributed by atoms with Gasteiger partial charge >= 0.3 is 0 Å². The molecule has 8 heteroatoms. The lowest BCUT2D eigenvalue weighted by Gasteiger charge is -2.16. The van der Waals surface area contributed by atoms with E-state index in [1.165, 1.54) is 0 Å². The molecule has 2 aromatic heterocycles. The highest BCUT2D eigenvalue weighted by atomic mass is 16.5. The van der Waals surface area contributed by atoms with Crippen molar-refractivity contribution in [3.63, 3.8) is 0 Å². The van der Waals surface area contributed by atoms with Crippen molar-refractivity contribution in [1.29, 1.82) is 0 Å². The summed E-state index contributed by atoms with van der Waals surface area (Å²) in [6.45, 7) is 0.427. The maximum atomic E-state index is 13.0. The van der Waals surface area contributed by atoms with Crippen LogP contribution in [-0.4, -0.2) is 44.9 Å². The Morgan fingerprint density at radius 1 is 0.946 bits per heavy atom. The Morgan fingerprint density at radius 2 is 1.65 bits per heavy atom. The van der Waals surface area contributed by atoms with Crippen molar-refractivity contribution in [2.24, 2.45) is 0 Å². The average molecular weight is 494 g/mol. The van der Waals surface area contributed by atoms with Crippen LogP contribution in [0.3, 0.4) is 0 Å². The lowest BCUT2D eigenvalue weighted by Crippen LogP contribution is -2.26. The normalized spacial score (nSPS) is 10.9. The van der Waals surface area contributed by atoms with E-state index in [-0.39, 0.29) is 12.3 Å². The van der Waals surface area contributed by atoms with Gasteiger partial charge in [0.05, 0.1) is 18.5 Å². The van der Waals surface area contributed by atoms with Gasteiger partial charge in [-0.25, -0.2) is 4.68 Å². The second kappa shape index (κ2) is 10.9. The molecule has 0 spiro atoms. The number of methoxy groups -OCH3 is 1. The van der Waals surface area contributed by atoms with Crippen LogP contribution < -0.4 is 4.74 Å². The number of hydrogen-bond acceptors (Lipinski definition) is 6. The third-order valence-electron chi connectivity index (χ3n) is 6.06. The SMILES string of the molecule is COc1ccc(-c2noc(CCC(=O)N(C)Cc3cn(-c4ccccc4)nc3-c3ccccc3)n2)cc1. The molecule has 186 valence electrons. The number of amides is 1. The molecule has 0 N–H and O–H groups in total. The number of hydrogen-bond donors (Lipinski definition) is 0. The number of aryl methyl sites for hydroxylation is 1. The highest BCUT2D eigenvalue weighted by Crippen LogP contribution is 2.25. The summed E-state index contributed by atoms with van der Waals surface area (Å²) in [4.78, 5) is 19.1. The van der Waals surface area contributed by atoms with Crippen LogP contribution in [0.15, 0.2) is 95.6 Å². The first-order valence-corrected chi connectivity index (χ1v) is 12.0. The molecule has 5 rings (SSSR count). The zero-order valence-electron chi connectivity index (χ0n) is 20.7. The number of benzene rings is 3. The largest absolute Gasteiger partial charge is 0.497 e. The smallest absolute Gasteiger partial charge is 0.227 e. The molecule has 0 aliphatic carbocycles. The van der Waals surface area contributed by atoms with Gasteiger partial charge in [0.15, 0.2) is 0 Å². The van der Waals surface area contributed by atoms with E-state index < -0.39 is 0 Å². The van der Waals surface area contributed by atoms with Crippen LogP contribution in [0.25, 0.3) is 28.3 Å². The molecule has 0 aliphatic heterocycles. The summed E-state index contributed by atoms with van der Waals surface area (Å²) in [6, 6.07) is 27.4. The zero-order chi connectivity index (χ0) is 25.6. The molecule has 8 nitrogen and oxygen atoms in total. The Labute approximate surface area is 215 Å². The fraction of sp³-hybridized carbons (Fsp3) is 0.172. The van der Waals surface area contributed by atoms with Crippen molar-refractivity contribution in [1.82, 2.24) is 24.8 Å². The first kappa shape index (κ1) is 24.0. The minimum absolute atomic E-state index is 0.0179. The van der Waals surface area contributed by atoms with Crippen LogP contribution in [0, 0.1) is 0 Å². The van der Waals surface area contributed by atoms with Crippen LogP contribution in [0.5, 0.6) is 5.75 Å². The fourth-order valence-corrected chi connectivity index (χ4v) is 4.04. The van der Waals surface area contributed by atoms with Gasteiger partial charge in [-0.05, 0) is 36.4 Å². The van der Waals surface area contributed by atoms with Gasteiger partial charge in [0.2, 0.25) is 17.6 Å². The molecule has 0 saturated heterocycles. The lowest BCUT2D eigenvalue weighted by atomic mass is 10.1. The monoisotopic (exact) mass is 493 g/mol. The van der Waals surface area contributed by atoms with Crippen molar-refractivity contribution in [2.75, 3.05) is 14.2 Å². The van der Waals surface area contributed by atoms with E-state index in [9.17, 15) is 4.79 Å². The predicted molar refractivity (Wildman–Crippen MR) is 140 cm³/mol. The summed E-state index contributed by atoms with van der Waals surface area (Å²) in [7, 11) is 3.42. The highest BCUT2D eigenvalue weighted by molar-refractivity contribution is 5.76. The van der Waals surface area contributed by atoms with Gasteiger partial charge in [-0.2, -0.15) is 10.1 Å². The predicted octanol–water partition coefficient (Wildman–Crippen LogP) is 5.19. The van der Waals surface area contributed by atoms with E-state index in [0.29, 0.717) is 24.7 Å². The number of carbonyl (C=O) groups excluding carboxylic acids is 1. The van der Waals surface area contributed by atoms with E-state index >= 15 is 0 Å². The van der Waals surface area contributed by atoms with Crippen molar-refractivity contribution in [3.05, 3.63) is 103 Å². The second-order valence-electron chi connectivity index (χ2n) is 8.64. The van der Waals surface area contributed by atoms with Gasteiger partial charge in [0.1, 0.15) is 5.75 Å². The number of ether oxygens (including phenoxy) is 1. The first-order valence-electron chi connectivity index (χ1n) is 12.0. The molecule has 0 unspecified atom stereocenters. The average Bonchev–Trinajstić information content (AvgIpc) is 3.60. The molecule has 3 aromatic carbocycles. The minimum atomic E-state index is -0.0179. The van der Waals surface area contributed by atoms with E-state index in [4.69, 9.17) is 14.4 Å². The van der Waals surface area contributed by atoms with Crippen LogP contribution in [0.4, 0.5) is 0 Å². The Bertz CT molecular complexity index is 1460. The Hall–Kier alpha value is -4.72. The number of carbonyl (C=O) groups is 1. The molecule has 37 heavy (non-hydrogen) atoms. The Balaban J connectivity index is 1.27. The van der Waals surface area contributed by atoms with Gasteiger partial charge in [0.25, 0.3) is 0 Å². The maximum Gasteiger partial charge on any atom is 0.227 e. The third-order valence-corrected chi connectivity index (χ3v) is 6.06. The summed E-state index contributed by atoms with van der Waals surface area (Å²) < 4.78 is 12.4. The fourth-order valence-electron chi connectivity index (χ4n) is 4.04. The standard InChI is InChI=1S/C29H27N5O3/c1-33(27(35)18-17-26-30-29(32-37-26)22-13-15-25(36-2)16-14-22)19-23-20-34(24-11-7-4-8-12-24)31-28(23)21-9-5-3-6-10-21/h3-16,20H,17-19H2,1-2H3. The lowest BCUT2D eigenvalue weighted by molar-refractivity contribution is -0.130. The van der Waals surface area contributed by atoms with Crippen LogP contribution in [0.2, 0.25) is 0 Å². The minimum Gasteiger partial charge on any atom is -0.497 e. The molecule has 0 bridgehead atoms. The van der Waals surface area contributed by atoms with E-state index in [1.54, 1.807) is 19.1 Å². The molecule has 0 fully saturated rings. The molecule has 0 aliphatic rings. The van der Waals surface area contributed by atoms with Crippen molar-refractivity contribution in [2.45, 2.75) is 19.4 Å². The van der Waals surface area contributed by atoms with E-state index in [1.807, 2.05) is 95.8 Å². The first-order chi connectivity index (χ1) is 18.1. The van der Waals surface area contributed by atoms with Gasteiger partial charge in [-0.3, -0.25) is 4.79 Å². The molecular weight excluding hydrogens is 466 g/mol. The summed E-state index contributed by atoms with van der Waals surface area (Å²) in [5, 5.41) is 8.88. The Kier molecular flexibility index (Phi) is 7.07. The van der Waals surface area contributed by atoms with Crippen LogP contribution in [-0.2, 0) is 17.8 Å². The number of para-hydroxylation sites is 1. The van der Waals surface area contributed by atoms with E-state index in [0.717, 1.165) is 33.8 Å². The molecule has 2 heterocycles. The summed E-state index contributed by atoms with van der Waals surface area (Å²) in [5.74, 6) is 1.65. The topological polar surface area (TPSA) is 86.3 Å². The second-order valence-corrected chi connectivity index (χ2v) is 8.64. The summed E-state index contributed by atoms with van der Waals surface area (Å²) in [5.41, 5.74) is 4.60. The molecule has 0 atom stereocenters. The number of aromatic nitrogens is 4. The number of nitrogens with zero attached hydrogens (tertiary/aromatic N) is 5. The quantitative estimate of drug-likeness (QED) is 0.281. The number of rotatable bonds is 9. The van der Waals surface area contributed by atoms with Crippen molar-refractivity contribution in [3.8, 4) is 34.1 Å². The summed E-state index contributed by atoms with van der Waals surface area (Å²) >= 11 is 0. The van der Waals surface area contributed by atoms with Gasteiger partial charge in [-0.1, -0.05) is 53.7 Å². The third kappa shape index (κ3) is 5.59. The summed E-state index contributed by atoms with van der Waals surface area (Å²) in [6.07, 6.45) is 2.61. The zero-order valence-corrected chi connectivity index (χ0v) is 20.7. The van der Waals surface area contributed by atoms with Crippen molar-refractivity contribution >= 4 is 5.91 Å². The highest BCUT2D eigenvalue weighted by Gasteiger charge is 2.18. The van der Waals surface area contributed by atoms with Crippen LogP contribution >= 0.6 is 0 Å². The van der Waals surface area contributed by atoms with Gasteiger partial charge in [-0.15, -0.1) is 0 Å². The molecule has 1 amide bonds. The molecule has 0 radical (unpaired) electrons. The van der Waals surface area contributed by atoms with E-state index in [2.05, 4.69) is 10.1 Å². The van der Waals surface area contributed by atoms with Gasteiger partial charge < -0.3 is 14.2 Å². The van der Waals surface area contributed by atoms with Gasteiger partial charge in [0, 0.05) is 49.3 Å². The van der Waals surface area contributed by atoms with Crippen LogP contribution in [0.1, 0.15) is 17.9 Å². The van der Waals surface area contributed by atoms with Crippen molar-refractivity contribution < 1.29 is 14.1 Å².